The summed E-state index contributed by atoms with van der Waals surface area (Å²) in [5.41, 5.74) is 1.06. The fraction of sp³-hybridized carbons (Fsp3) is 0.533. The lowest BCUT2D eigenvalue weighted by Crippen LogP contribution is -2.40. The monoisotopic (exact) mass is 343 g/mol. The number of rotatable bonds is 7. The van der Waals surface area contributed by atoms with Crippen LogP contribution in [0.15, 0.2) is 24.3 Å². The van der Waals surface area contributed by atoms with E-state index in [-0.39, 0.29) is 17.7 Å². The molecule has 130 valence electrons. The molecule has 0 aliphatic rings. The van der Waals surface area contributed by atoms with Gasteiger partial charge in [-0.15, -0.1) is 0 Å². The molecule has 8 heteroatoms. The highest BCUT2D eigenvalue weighted by Gasteiger charge is 2.18. The summed E-state index contributed by atoms with van der Waals surface area (Å²) in [7, 11) is -3.57. The van der Waals surface area contributed by atoms with E-state index in [2.05, 4.69) is 31.4 Å². The number of urea groups is 1. The number of amides is 2. The maximum Gasteiger partial charge on any atom is 0.314 e. The molecule has 0 radical (unpaired) electrons. The van der Waals surface area contributed by atoms with Gasteiger partial charge in [-0.2, -0.15) is 0 Å². The Bertz CT molecular complexity index is 624. The molecule has 0 heterocycles. The molecular weight excluding hydrogens is 318 g/mol. The van der Waals surface area contributed by atoms with Crippen LogP contribution in [0.3, 0.4) is 0 Å². The van der Waals surface area contributed by atoms with Crippen molar-refractivity contribution >= 4 is 16.1 Å². The smallest absolute Gasteiger partial charge is 0.314 e. The highest BCUT2D eigenvalue weighted by atomic mass is 32.2. The van der Waals surface area contributed by atoms with Crippen LogP contribution in [-0.4, -0.2) is 39.9 Å². The van der Waals surface area contributed by atoms with Crippen LogP contribution in [0.5, 0.6) is 5.75 Å². The zero-order valence-electron chi connectivity index (χ0n) is 13.8. The van der Waals surface area contributed by atoms with E-state index in [1.807, 2.05) is 24.3 Å². The summed E-state index contributed by atoms with van der Waals surface area (Å²) in [5.74, 6) is 0.493. The van der Waals surface area contributed by atoms with Crippen molar-refractivity contribution in [1.29, 1.82) is 0 Å². The summed E-state index contributed by atoms with van der Waals surface area (Å²) in [6, 6.07) is 7.32. The molecule has 23 heavy (non-hydrogen) atoms. The minimum Gasteiger partial charge on any atom is -0.491 e. The number of ether oxygens (including phenoxy) is 1. The highest BCUT2D eigenvalue weighted by Crippen LogP contribution is 2.30. The Morgan fingerprint density at radius 1 is 1.17 bits per heavy atom. The molecular formula is C15H25N3O4S. The first-order valence-corrected chi connectivity index (χ1v) is 9.05. The Labute approximate surface area is 137 Å². The molecule has 0 fully saturated rings. The summed E-state index contributed by atoms with van der Waals surface area (Å²) in [5, 5.41) is 9.83. The molecule has 0 saturated heterocycles. The molecule has 0 bridgehead atoms. The first-order chi connectivity index (χ1) is 10.6. The van der Waals surface area contributed by atoms with Crippen LogP contribution in [-0.2, 0) is 15.4 Å². The van der Waals surface area contributed by atoms with Gasteiger partial charge in [0.15, 0.2) is 0 Å². The molecule has 7 nitrogen and oxygen atoms in total. The van der Waals surface area contributed by atoms with E-state index in [0.717, 1.165) is 11.3 Å². The molecule has 0 spiro atoms. The number of para-hydroxylation sites is 1. The molecule has 0 unspecified atom stereocenters. The first-order valence-electron chi connectivity index (χ1n) is 7.34. The van der Waals surface area contributed by atoms with Crippen molar-refractivity contribution in [3.8, 4) is 5.75 Å². The van der Waals surface area contributed by atoms with Gasteiger partial charge < -0.3 is 15.4 Å². The van der Waals surface area contributed by atoms with E-state index in [9.17, 15) is 13.2 Å². The summed E-state index contributed by atoms with van der Waals surface area (Å²) < 4.78 is 27.2. The maximum absolute atomic E-state index is 11.5. The van der Waals surface area contributed by atoms with Crippen LogP contribution in [0.1, 0.15) is 26.3 Å². The van der Waals surface area contributed by atoms with Crippen molar-refractivity contribution < 1.29 is 17.9 Å². The van der Waals surface area contributed by atoms with Gasteiger partial charge in [-0.3, -0.25) is 0 Å². The van der Waals surface area contributed by atoms with Gasteiger partial charge in [0.25, 0.3) is 0 Å². The highest BCUT2D eigenvalue weighted by molar-refractivity contribution is 7.89. The number of sulfonamides is 1. The van der Waals surface area contributed by atoms with Crippen LogP contribution in [0.4, 0.5) is 4.79 Å². The number of nitrogens with two attached hydrogens (primary N) is 1. The zero-order chi connectivity index (χ0) is 17.5. The Morgan fingerprint density at radius 3 is 2.39 bits per heavy atom. The van der Waals surface area contributed by atoms with E-state index < -0.39 is 16.1 Å². The van der Waals surface area contributed by atoms with Gasteiger partial charge in [0.05, 0.1) is 12.3 Å². The predicted octanol–water partition coefficient (Wildman–Crippen LogP) is 0.951. The third kappa shape index (κ3) is 7.85. The average Bonchev–Trinajstić information content (AvgIpc) is 2.41. The summed E-state index contributed by atoms with van der Waals surface area (Å²) >= 11 is 0. The normalized spacial score (nSPS) is 11.8. The van der Waals surface area contributed by atoms with Gasteiger partial charge >= 0.3 is 6.03 Å². The average molecular weight is 343 g/mol. The molecule has 1 rings (SSSR count). The van der Waals surface area contributed by atoms with Crippen molar-refractivity contribution in [2.45, 2.75) is 26.2 Å². The lowest BCUT2D eigenvalue weighted by Gasteiger charge is -2.22. The van der Waals surface area contributed by atoms with Crippen LogP contribution in [0, 0.1) is 0 Å². The van der Waals surface area contributed by atoms with E-state index in [1.165, 1.54) is 0 Å². The summed E-state index contributed by atoms with van der Waals surface area (Å²) in [6.07, 6.45) is 0. The lowest BCUT2D eigenvalue weighted by atomic mass is 9.86. The Hall–Kier alpha value is -1.80. The van der Waals surface area contributed by atoms with Crippen LogP contribution in [0.2, 0.25) is 0 Å². The fourth-order valence-electron chi connectivity index (χ4n) is 1.91. The van der Waals surface area contributed by atoms with Crippen molar-refractivity contribution in [3.05, 3.63) is 29.8 Å². The molecule has 0 atom stereocenters. The van der Waals surface area contributed by atoms with Crippen LogP contribution >= 0.6 is 0 Å². The lowest BCUT2D eigenvalue weighted by molar-refractivity contribution is 0.236. The van der Waals surface area contributed by atoms with Gasteiger partial charge in [-0.25, -0.2) is 18.4 Å². The SMILES string of the molecule is CC(C)(C)c1ccccc1OCCNC(=O)NCCS(N)(=O)=O. The number of primary sulfonamides is 1. The number of hydrogen-bond acceptors (Lipinski definition) is 4. The third-order valence-corrected chi connectivity index (χ3v) is 3.79. The van der Waals surface area contributed by atoms with E-state index in [1.54, 1.807) is 0 Å². The van der Waals surface area contributed by atoms with Gasteiger partial charge in [-0.05, 0) is 17.0 Å². The Balaban J connectivity index is 2.34. The fourth-order valence-corrected chi connectivity index (χ4v) is 2.29. The molecule has 0 saturated carbocycles. The first kappa shape index (κ1) is 19.2. The number of carbonyl (C=O) groups is 1. The minimum atomic E-state index is -3.57. The van der Waals surface area contributed by atoms with Crippen molar-refractivity contribution in [1.82, 2.24) is 10.6 Å². The molecule has 1 aromatic rings. The molecule has 0 aromatic heterocycles. The zero-order valence-corrected chi connectivity index (χ0v) is 14.6. The number of hydrogen-bond donors (Lipinski definition) is 3. The van der Waals surface area contributed by atoms with Crippen molar-refractivity contribution in [2.24, 2.45) is 5.14 Å². The quantitative estimate of drug-likeness (QED) is 0.640. The van der Waals surface area contributed by atoms with E-state index in [4.69, 9.17) is 9.88 Å². The van der Waals surface area contributed by atoms with Crippen LogP contribution in [0.25, 0.3) is 0 Å². The largest absolute Gasteiger partial charge is 0.491 e. The molecule has 4 N–H and O–H groups in total. The third-order valence-electron chi connectivity index (χ3n) is 3.01. The maximum atomic E-state index is 11.5. The van der Waals surface area contributed by atoms with E-state index >= 15 is 0 Å². The van der Waals surface area contributed by atoms with E-state index in [0.29, 0.717) is 13.2 Å². The minimum absolute atomic E-state index is 0.0294. The van der Waals surface area contributed by atoms with Crippen molar-refractivity contribution in [3.63, 3.8) is 0 Å². The number of nitrogens with one attached hydrogen (secondary N) is 2. The molecule has 0 aliphatic carbocycles. The van der Waals surface area contributed by atoms with Gasteiger partial charge in [0.2, 0.25) is 10.0 Å². The molecule has 0 aliphatic heterocycles. The standard InChI is InChI=1S/C15H25N3O4S/c1-15(2,3)12-6-4-5-7-13(12)22-10-8-17-14(19)18-9-11-23(16,20)21/h4-7H,8-11H2,1-3H3,(H2,16,20,21)(H2,17,18,19). The molecule has 1 aromatic carbocycles. The Morgan fingerprint density at radius 2 is 1.78 bits per heavy atom. The predicted molar refractivity (Wildman–Crippen MR) is 90.0 cm³/mol. The molecule has 2 amide bonds. The van der Waals surface area contributed by atoms with Crippen LogP contribution < -0.4 is 20.5 Å². The van der Waals surface area contributed by atoms with Gasteiger partial charge in [-0.1, -0.05) is 39.0 Å². The number of benzene rings is 1. The van der Waals surface area contributed by atoms with Gasteiger partial charge in [0.1, 0.15) is 12.4 Å². The number of carbonyl (C=O) groups excluding carboxylic acids is 1. The second kappa shape index (κ2) is 8.16. The Kier molecular flexibility index (Phi) is 6.83. The summed E-state index contributed by atoms with van der Waals surface area (Å²) in [4.78, 5) is 11.5. The second-order valence-electron chi connectivity index (χ2n) is 6.14. The van der Waals surface area contributed by atoms with Gasteiger partial charge in [0, 0.05) is 6.54 Å². The second-order valence-corrected chi connectivity index (χ2v) is 7.88. The van der Waals surface area contributed by atoms with Crippen molar-refractivity contribution in [2.75, 3.05) is 25.4 Å². The topological polar surface area (TPSA) is 111 Å². The summed E-state index contributed by atoms with van der Waals surface area (Å²) in [6.45, 7) is 6.90.